The lowest BCUT2D eigenvalue weighted by molar-refractivity contribution is -0.137. The largest absolute Gasteiger partial charge is 0.416 e. The third kappa shape index (κ3) is 4.03. The Balaban J connectivity index is 1.92. The highest BCUT2D eigenvalue weighted by Crippen LogP contribution is 2.31. The summed E-state index contributed by atoms with van der Waals surface area (Å²) in [6, 6.07) is 11.6. The van der Waals surface area contributed by atoms with Crippen molar-refractivity contribution < 1.29 is 17.6 Å². The molecule has 25 heavy (non-hydrogen) atoms. The molecule has 0 aliphatic heterocycles. The molecule has 3 N–H and O–H groups in total. The zero-order valence-electron chi connectivity index (χ0n) is 12.7. The van der Waals surface area contributed by atoms with Crippen molar-refractivity contribution >= 4 is 17.3 Å². The number of halogens is 4. The van der Waals surface area contributed by atoms with E-state index in [0.717, 1.165) is 12.1 Å². The molecule has 0 saturated carbocycles. The molecule has 0 aliphatic rings. The Bertz CT molecular complexity index is 892. The van der Waals surface area contributed by atoms with Gasteiger partial charge in [-0.25, -0.2) is 14.4 Å². The van der Waals surface area contributed by atoms with Crippen LogP contribution in [0.15, 0.2) is 54.6 Å². The quantitative estimate of drug-likeness (QED) is 0.678. The van der Waals surface area contributed by atoms with Gasteiger partial charge in [-0.1, -0.05) is 6.07 Å². The molecule has 0 saturated heterocycles. The number of nitrogen functional groups attached to an aromatic ring is 1. The Morgan fingerprint density at radius 2 is 1.64 bits per heavy atom. The van der Waals surface area contributed by atoms with E-state index < -0.39 is 17.6 Å². The Hall–Kier alpha value is -3.16. The van der Waals surface area contributed by atoms with Gasteiger partial charge in [0.15, 0.2) is 5.82 Å². The highest BCUT2D eigenvalue weighted by Gasteiger charge is 2.30. The van der Waals surface area contributed by atoms with E-state index in [1.165, 1.54) is 42.5 Å². The predicted octanol–water partition coefficient (Wildman–Crippen LogP) is 4.63. The fourth-order valence-electron chi connectivity index (χ4n) is 2.18. The lowest BCUT2D eigenvalue weighted by Gasteiger charge is -2.11. The fourth-order valence-corrected chi connectivity index (χ4v) is 2.18. The van der Waals surface area contributed by atoms with Gasteiger partial charge in [0.05, 0.1) is 5.56 Å². The minimum Gasteiger partial charge on any atom is -0.384 e. The average molecular weight is 348 g/mol. The van der Waals surface area contributed by atoms with Gasteiger partial charge in [-0.05, 0) is 42.5 Å². The molecule has 0 amide bonds. The summed E-state index contributed by atoms with van der Waals surface area (Å²) in [4.78, 5) is 8.27. The number of hydrogen-bond donors (Lipinski definition) is 2. The lowest BCUT2D eigenvalue weighted by Crippen LogP contribution is -2.06. The molecule has 4 nitrogen and oxygen atoms in total. The Kier molecular flexibility index (Phi) is 4.26. The van der Waals surface area contributed by atoms with Gasteiger partial charge in [0.25, 0.3) is 0 Å². The molecule has 0 bridgehead atoms. The molecule has 0 aliphatic carbocycles. The molecule has 0 atom stereocenters. The summed E-state index contributed by atoms with van der Waals surface area (Å²) in [5.41, 5.74) is 5.69. The Morgan fingerprint density at radius 1 is 0.920 bits per heavy atom. The number of aromatic nitrogens is 2. The van der Waals surface area contributed by atoms with Crippen molar-refractivity contribution in [1.82, 2.24) is 9.97 Å². The third-order valence-electron chi connectivity index (χ3n) is 3.31. The fraction of sp³-hybridized carbons (Fsp3) is 0.0588. The van der Waals surface area contributed by atoms with Gasteiger partial charge in [-0.3, -0.25) is 0 Å². The van der Waals surface area contributed by atoms with Crippen LogP contribution in [-0.4, -0.2) is 9.97 Å². The van der Waals surface area contributed by atoms with Crippen molar-refractivity contribution in [2.24, 2.45) is 0 Å². The van der Waals surface area contributed by atoms with Crippen LogP contribution in [0.3, 0.4) is 0 Å². The summed E-state index contributed by atoms with van der Waals surface area (Å²) in [6.07, 6.45) is -4.44. The number of anilines is 3. The van der Waals surface area contributed by atoms with Gasteiger partial charge in [-0.2, -0.15) is 13.2 Å². The molecule has 0 fully saturated rings. The van der Waals surface area contributed by atoms with E-state index in [9.17, 15) is 17.6 Å². The van der Waals surface area contributed by atoms with Crippen LogP contribution in [0.2, 0.25) is 0 Å². The minimum atomic E-state index is -4.44. The van der Waals surface area contributed by atoms with E-state index >= 15 is 0 Å². The summed E-state index contributed by atoms with van der Waals surface area (Å²) < 4.78 is 51.4. The molecule has 1 aromatic heterocycles. The monoisotopic (exact) mass is 348 g/mol. The molecule has 1 heterocycles. The minimum absolute atomic E-state index is 0.129. The first-order valence-corrected chi connectivity index (χ1v) is 7.16. The van der Waals surface area contributed by atoms with Crippen molar-refractivity contribution in [3.8, 4) is 11.4 Å². The smallest absolute Gasteiger partial charge is 0.384 e. The van der Waals surface area contributed by atoms with Crippen molar-refractivity contribution in [2.75, 3.05) is 11.1 Å². The topological polar surface area (TPSA) is 63.8 Å². The first-order valence-electron chi connectivity index (χ1n) is 7.16. The van der Waals surface area contributed by atoms with Gasteiger partial charge in [0, 0.05) is 17.3 Å². The van der Waals surface area contributed by atoms with Crippen LogP contribution in [-0.2, 0) is 6.18 Å². The first kappa shape index (κ1) is 16.7. The highest BCUT2D eigenvalue weighted by molar-refractivity contribution is 5.64. The van der Waals surface area contributed by atoms with E-state index in [0.29, 0.717) is 5.56 Å². The van der Waals surface area contributed by atoms with Crippen LogP contribution in [0.25, 0.3) is 11.4 Å². The van der Waals surface area contributed by atoms with Crippen molar-refractivity contribution in [3.05, 3.63) is 66.0 Å². The van der Waals surface area contributed by atoms with E-state index in [2.05, 4.69) is 15.3 Å². The van der Waals surface area contributed by atoms with E-state index in [1.54, 1.807) is 0 Å². The molecule has 3 aromatic rings. The standard InChI is InChI=1S/C17H12F4N4/c18-12-6-4-10(5-7-12)16-24-14(22)9-15(25-16)23-13-3-1-2-11(8-13)17(19,20)21/h1-9H,(H3,22,23,24,25). The maximum Gasteiger partial charge on any atom is 0.416 e. The average Bonchev–Trinajstić information content (AvgIpc) is 2.54. The molecule has 0 spiro atoms. The number of rotatable bonds is 3. The van der Waals surface area contributed by atoms with Crippen LogP contribution in [0, 0.1) is 5.82 Å². The van der Waals surface area contributed by atoms with Crippen LogP contribution in [0.1, 0.15) is 5.56 Å². The van der Waals surface area contributed by atoms with Crippen LogP contribution >= 0.6 is 0 Å². The highest BCUT2D eigenvalue weighted by atomic mass is 19.4. The number of nitrogens with one attached hydrogen (secondary N) is 1. The number of nitrogens with zero attached hydrogens (tertiary/aromatic N) is 2. The second-order valence-electron chi connectivity index (χ2n) is 5.21. The SMILES string of the molecule is Nc1cc(Nc2cccc(C(F)(F)F)c2)nc(-c2ccc(F)cc2)n1. The summed E-state index contributed by atoms with van der Waals surface area (Å²) in [6.45, 7) is 0. The second-order valence-corrected chi connectivity index (χ2v) is 5.21. The van der Waals surface area contributed by atoms with Gasteiger partial charge >= 0.3 is 6.18 Å². The zero-order chi connectivity index (χ0) is 18.0. The molecular weight excluding hydrogens is 336 g/mol. The maximum absolute atomic E-state index is 13.0. The summed E-state index contributed by atoms with van der Waals surface area (Å²) in [5, 5.41) is 2.77. The van der Waals surface area contributed by atoms with Crippen LogP contribution in [0.5, 0.6) is 0 Å². The maximum atomic E-state index is 13.0. The van der Waals surface area contributed by atoms with Crippen LogP contribution < -0.4 is 11.1 Å². The Labute approximate surface area is 140 Å². The van der Waals surface area contributed by atoms with Crippen molar-refractivity contribution in [2.45, 2.75) is 6.18 Å². The first-order chi connectivity index (χ1) is 11.8. The van der Waals surface area contributed by atoms with Crippen LogP contribution in [0.4, 0.5) is 34.9 Å². The van der Waals surface area contributed by atoms with Gasteiger partial charge in [-0.15, -0.1) is 0 Å². The third-order valence-corrected chi connectivity index (χ3v) is 3.31. The van der Waals surface area contributed by atoms with E-state index in [-0.39, 0.29) is 23.1 Å². The molecule has 0 unspecified atom stereocenters. The molecule has 128 valence electrons. The number of benzene rings is 2. The van der Waals surface area contributed by atoms with Gasteiger partial charge in [0.2, 0.25) is 0 Å². The summed E-state index contributed by atoms with van der Waals surface area (Å²) in [5.74, 6) is 0.180. The molecule has 8 heteroatoms. The van der Waals surface area contributed by atoms with Gasteiger partial charge < -0.3 is 11.1 Å². The number of alkyl halides is 3. The molecular formula is C17H12F4N4. The van der Waals surface area contributed by atoms with Gasteiger partial charge in [0.1, 0.15) is 17.5 Å². The predicted molar refractivity (Wildman–Crippen MR) is 86.6 cm³/mol. The van der Waals surface area contributed by atoms with E-state index in [1.807, 2.05) is 0 Å². The second kappa shape index (κ2) is 6.39. The molecule has 0 radical (unpaired) electrons. The Morgan fingerprint density at radius 3 is 2.32 bits per heavy atom. The number of nitrogens with two attached hydrogens (primary N) is 1. The molecule has 2 aromatic carbocycles. The van der Waals surface area contributed by atoms with Crippen molar-refractivity contribution in [1.29, 1.82) is 0 Å². The molecule has 3 rings (SSSR count). The zero-order valence-corrected chi connectivity index (χ0v) is 12.7. The number of hydrogen-bond acceptors (Lipinski definition) is 4. The lowest BCUT2D eigenvalue weighted by atomic mass is 10.2. The van der Waals surface area contributed by atoms with E-state index in [4.69, 9.17) is 5.73 Å². The summed E-state index contributed by atoms with van der Waals surface area (Å²) in [7, 11) is 0. The summed E-state index contributed by atoms with van der Waals surface area (Å²) >= 11 is 0. The normalized spacial score (nSPS) is 11.4. The van der Waals surface area contributed by atoms with Crippen molar-refractivity contribution in [3.63, 3.8) is 0 Å².